The van der Waals surface area contributed by atoms with Crippen molar-refractivity contribution in [2.45, 2.75) is 50.6 Å². The molecule has 0 radical (unpaired) electrons. The Hall–Kier alpha value is -2.29. The van der Waals surface area contributed by atoms with Crippen molar-refractivity contribution in [3.05, 3.63) is 16.9 Å². The monoisotopic (exact) mass is 409 g/mol. The van der Waals surface area contributed by atoms with Crippen molar-refractivity contribution >= 4 is 23.3 Å². The second kappa shape index (κ2) is 10.3. The summed E-state index contributed by atoms with van der Waals surface area (Å²) in [6.45, 7) is 4.19. The summed E-state index contributed by atoms with van der Waals surface area (Å²) in [5.41, 5.74) is 1.32. The topological polar surface area (TPSA) is 103 Å². The van der Waals surface area contributed by atoms with Gasteiger partial charge in [0.15, 0.2) is 10.9 Å². The average molecular weight is 410 g/mol. The van der Waals surface area contributed by atoms with Crippen LogP contribution in [0.3, 0.4) is 0 Å². The molecule has 1 aromatic rings. The van der Waals surface area contributed by atoms with E-state index in [2.05, 4.69) is 15.1 Å². The highest BCUT2D eigenvalue weighted by molar-refractivity contribution is 7.98. The van der Waals surface area contributed by atoms with Crippen LogP contribution in [0.25, 0.3) is 0 Å². The molecule has 1 heterocycles. The second-order valence-electron chi connectivity index (χ2n) is 6.20. The Kier molecular flexibility index (Phi) is 8.10. The minimum atomic E-state index is -0.355. The normalized spacial score (nSPS) is 17.7. The van der Waals surface area contributed by atoms with Crippen LogP contribution >= 0.6 is 11.8 Å². The van der Waals surface area contributed by atoms with Crippen molar-refractivity contribution in [3.63, 3.8) is 0 Å². The summed E-state index contributed by atoms with van der Waals surface area (Å²) in [4.78, 5) is 26.8. The number of ether oxygens (including phenoxy) is 2. The lowest BCUT2D eigenvalue weighted by atomic mass is 9.81. The molecule has 0 saturated heterocycles. The third-order valence-corrected chi connectivity index (χ3v) is 4.90. The summed E-state index contributed by atoms with van der Waals surface area (Å²) < 4.78 is 10.8. The van der Waals surface area contributed by atoms with E-state index in [0.717, 1.165) is 6.42 Å². The fourth-order valence-electron chi connectivity index (χ4n) is 3.18. The van der Waals surface area contributed by atoms with Crippen molar-refractivity contribution < 1.29 is 24.2 Å². The molecule has 28 heavy (non-hydrogen) atoms. The van der Waals surface area contributed by atoms with E-state index in [1.54, 1.807) is 0 Å². The number of aromatic nitrogens is 2. The zero-order valence-corrected chi connectivity index (χ0v) is 17.8. The lowest BCUT2D eigenvalue weighted by Gasteiger charge is -2.26. The molecule has 0 bridgehead atoms. The number of carbonyl (C=O) groups is 1. The van der Waals surface area contributed by atoms with E-state index in [1.165, 1.54) is 26.0 Å². The molecule has 0 fully saturated rings. The largest absolute Gasteiger partial charge is 0.511 e. The van der Waals surface area contributed by atoms with Gasteiger partial charge in [-0.3, -0.25) is 4.79 Å². The lowest BCUT2D eigenvalue weighted by Crippen LogP contribution is -2.25. The SMILES string of the molecule is CCCC(=NOCC)C1=C(O)CC(c2c(OC)nc(SC)nc2OC)CC1=O. The number of hydrogen-bond acceptors (Lipinski definition) is 9. The summed E-state index contributed by atoms with van der Waals surface area (Å²) in [5.74, 6) is 0.140. The van der Waals surface area contributed by atoms with Gasteiger partial charge in [-0.05, 0) is 19.6 Å². The number of carbonyl (C=O) groups excluding carboxylic acids is 1. The Labute approximate surface area is 169 Å². The summed E-state index contributed by atoms with van der Waals surface area (Å²) in [6.07, 6.45) is 3.60. The van der Waals surface area contributed by atoms with Gasteiger partial charge in [0.05, 0.1) is 31.1 Å². The molecule has 1 aliphatic carbocycles. The van der Waals surface area contributed by atoms with Gasteiger partial charge in [-0.25, -0.2) is 0 Å². The molecule has 1 N–H and O–H groups in total. The van der Waals surface area contributed by atoms with Gasteiger partial charge in [0.2, 0.25) is 11.8 Å². The number of methoxy groups -OCH3 is 2. The molecule has 1 aliphatic rings. The van der Waals surface area contributed by atoms with E-state index < -0.39 is 0 Å². The predicted octanol–water partition coefficient (Wildman–Crippen LogP) is 3.67. The maximum Gasteiger partial charge on any atom is 0.224 e. The van der Waals surface area contributed by atoms with Gasteiger partial charge >= 0.3 is 0 Å². The lowest BCUT2D eigenvalue weighted by molar-refractivity contribution is -0.116. The number of aliphatic hydroxyl groups excluding tert-OH is 1. The van der Waals surface area contributed by atoms with Crippen LogP contribution < -0.4 is 9.47 Å². The Bertz CT molecular complexity index is 754. The first kappa shape index (κ1) is 22.0. The smallest absolute Gasteiger partial charge is 0.224 e. The molecule has 1 unspecified atom stereocenters. The number of oxime groups is 1. The highest BCUT2D eigenvalue weighted by Crippen LogP contribution is 2.42. The van der Waals surface area contributed by atoms with E-state index in [-0.39, 0.29) is 35.9 Å². The Morgan fingerprint density at radius 2 is 1.86 bits per heavy atom. The molecule has 0 saturated carbocycles. The van der Waals surface area contributed by atoms with Crippen LogP contribution in [0, 0.1) is 0 Å². The second-order valence-corrected chi connectivity index (χ2v) is 6.97. The number of thioether (sulfide) groups is 1. The van der Waals surface area contributed by atoms with Crippen LogP contribution in [-0.2, 0) is 9.63 Å². The first-order valence-electron chi connectivity index (χ1n) is 9.18. The molecule has 2 rings (SSSR count). The summed E-state index contributed by atoms with van der Waals surface area (Å²) in [5, 5.41) is 15.2. The minimum Gasteiger partial charge on any atom is -0.511 e. The zero-order valence-electron chi connectivity index (χ0n) is 16.9. The summed E-state index contributed by atoms with van der Waals surface area (Å²) in [7, 11) is 3.02. The van der Waals surface area contributed by atoms with Gasteiger partial charge in [-0.15, -0.1) is 0 Å². The molecule has 154 valence electrons. The highest BCUT2D eigenvalue weighted by Gasteiger charge is 2.35. The predicted molar refractivity (Wildman–Crippen MR) is 108 cm³/mol. The maximum absolute atomic E-state index is 12.9. The van der Waals surface area contributed by atoms with Crippen molar-refractivity contribution in [1.29, 1.82) is 0 Å². The molecular weight excluding hydrogens is 382 g/mol. The molecule has 9 heteroatoms. The molecule has 0 amide bonds. The van der Waals surface area contributed by atoms with Gasteiger partial charge in [0.25, 0.3) is 0 Å². The number of allylic oxidation sites excluding steroid dienone is 2. The van der Waals surface area contributed by atoms with Gasteiger partial charge in [0, 0.05) is 18.8 Å². The van der Waals surface area contributed by atoms with E-state index >= 15 is 0 Å². The fourth-order valence-corrected chi connectivity index (χ4v) is 3.53. The first-order valence-corrected chi connectivity index (χ1v) is 10.4. The third kappa shape index (κ3) is 4.76. The van der Waals surface area contributed by atoms with Crippen LogP contribution in [0.2, 0.25) is 0 Å². The number of aliphatic hydroxyl groups is 1. The highest BCUT2D eigenvalue weighted by atomic mass is 32.2. The van der Waals surface area contributed by atoms with Crippen LogP contribution in [0.1, 0.15) is 51.0 Å². The average Bonchev–Trinajstić information content (AvgIpc) is 2.70. The van der Waals surface area contributed by atoms with Gasteiger partial charge < -0.3 is 19.4 Å². The molecule has 1 atom stereocenters. The standard InChI is InChI=1S/C19H27N3O5S/c1-6-8-12(22-27-7-2)16-13(23)9-11(10-14(16)24)15-17(25-3)20-19(28-5)21-18(15)26-4/h11,23H,6-10H2,1-5H3. The molecule has 0 aliphatic heterocycles. The fraction of sp³-hybridized carbons (Fsp3) is 0.579. The minimum absolute atomic E-state index is 0.00815. The van der Waals surface area contributed by atoms with E-state index in [9.17, 15) is 9.90 Å². The third-order valence-electron chi connectivity index (χ3n) is 4.35. The number of nitrogens with zero attached hydrogens (tertiary/aromatic N) is 3. The van der Waals surface area contributed by atoms with Crippen LogP contribution in [0.4, 0.5) is 0 Å². The van der Waals surface area contributed by atoms with Crippen LogP contribution in [0.15, 0.2) is 21.6 Å². The van der Waals surface area contributed by atoms with Gasteiger partial charge in [0.1, 0.15) is 12.4 Å². The van der Waals surface area contributed by atoms with Crippen LogP contribution in [-0.4, -0.2) is 53.7 Å². The quantitative estimate of drug-likeness (QED) is 0.285. The van der Waals surface area contributed by atoms with Gasteiger partial charge in [-0.2, -0.15) is 9.97 Å². The van der Waals surface area contributed by atoms with Crippen molar-refractivity contribution in [1.82, 2.24) is 9.97 Å². The number of Topliss-reactive ketones (excluding diaryl/α,β-unsaturated/α-hetero) is 1. The molecule has 8 nitrogen and oxygen atoms in total. The van der Waals surface area contributed by atoms with Crippen molar-refractivity contribution in [2.24, 2.45) is 5.16 Å². The Morgan fingerprint density at radius 1 is 1.21 bits per heavy atom. The molecule has 0 spiro atoms. The van der Waals surface area contributed by atoms with E-state index in [4.69, 9.17) is 14.3 Å². The van der Waals surface area contributed by atoms with E-state index in [0.29, 0.717) is 41.2 Å². The number of hydrogen-bond donors (Lipinski definition) is 1. The number of rotatable bonds is 9. The maximum atomic E-state index is 12.9. The first-order chi connectivity index (χ1) is 13.5. The summed E-state index contributed by atoms with van der Waals surface area (Å²) >= 11 is 1.36. The van der Waals surface area contributed by atoms with E-state index in [1.807, 2.05) is 20.1 Å². The van der Waals surface area contributed by atoms with Crippen molar-refractivity contribution in [3.8, 4) is 11.8 Å². The molecular formula is C19H27N3O5S. The summed E-state index contributed by atoms with van der Waals surface area (Å²) in [6, 6.07) is 0. The molecule has 0 aromatic carbocycles. The Morgan fingerprint density at radius 3 is 2.32 bits per heavy atom. The van der Waals surface area contributed by atoms with Crippen LogP contribution in [0.5, 0.6) is 11.8 Å². The van der Waals surface area contributed by atoms with Gasteiger partial charge in [-0.1, -0.05) is 30.3 Å². The Balaban J connectivity index is 2.46. The van der Waals surface area contributed by atoms with Crippen molar-refractivity contribution in [2.75, 3.05) is 27.1 Å². The molecule has 1 aromatic heterocycles. The zero-order chi connectivity index (χ0) is 20.7. The number of ketones is 1.